The summed E-state index contributed by atoms with van der Waals surface area (Å²) in [6.07, 6.45) is 5.26. The van der Waals surface area contributed by atoms with Gasteiger partial charge in [-0.3, -0.25) is 9.69 Å². The van der Waals surface area contributed by atoms with Crippen molar-refractivity contribution in [2.45, 2.75) is 45.2 Å². The van der Waals surface area contributed by atoms with E-state index in [2.05, 4.69) is 27.3 Å². The number of furan rings is 1. The molecular weight excluding hydrogens is 344 g/mol. The van der Waals surface area contributed by atoms with E-state index in [1.165, 1.54) is 0 Å². The second-order valence-corrected chi connectivity index (χ2v) is 6.29. The average molecular weight is 368 g/mol. The number of carbonyl (C=O) groups is 1. The third-order valence-corrected chi connectivity index (χ3v) is 4.68. The highest BCUT2D eigenvalue weighted by atomic mass is 35.5. The molecule has 1 unspecified atom stereocenters. The lowest BCUT2D eigenvalue weighted by atomic mass is 9.94. The predicted octanol–water partition coefficient (Wildman–Crippen LogP) is -1.64. The molecule has 0 bridgehead atoms. The maximum atomic E-state index is 11.4. The van der Waals surface area contributed by atoms with Crippen LogP contribution in [0.1, 0.15) is 50.2 Å². The van der Waals surface area contributed by atoms with Gasteiger partial charge in [-0.05, 0) is 54.9 Å². The largest absolute Gasteiger partial charge is 1.00 e. The second kappa shape index (κ2) is 8.96. The Balaban J connectivity index is 0.00000225. The van der Waals surface area contributed by atoms with Crippen LogP contribution in [0, 0.1) is 5.92 Å². The fourth-order valence-corrected chi connectivity index (χ4v) is 3.36. The van der Waals surface area contributed by atoms with Gasteiger partial charge in [0.1, 0.15) is 12.3 Å². The Labute approximate surface area is 153 Å². The van der Waals surface area contributed by atoms with Crippen molar-refractivity contribution in [1.82, 2.24) is 25.1 Å². The van der Waals surface area contributed by atoms with Gasteiger partial charge in [0.2, 0.25) is 5.91 Å². The number of tetrazole rings is 1. The molecule has 2 aromatic rings. The Morgan fingerprint density at radius 3 is 2.80 bits per heavy atom. The topological polar surface area (TPSA) is 103 Å². The number of halogens is 1. The summed E-state index contributed by atoms with van der Waals surface area (Å²) in [6, 6.07) is 3.92. The highest BCUT2D eigenvalue weighted by Gasteiger charge is 2.31. The molecule has 3 rings (SSSR count). The number of likely N-dealkylation sites (tertiary alicyclic amines) is 1. The van der Waals surface area contributed by atoms with E-state index in [1.54, 1.807) is 10.9 Å². The van der Waals surface area contributed by atoms with Crippen molar-refractivity contribution < 1.29 is 21.6 Å². The summed E-state index contributed by atoms with van der Waals surface area (Å²) in [5.74, 6) is 1.48. The van der Waals surface area contributed by atoms with Gasteiger partial charge >= 0.3 is 0 Å². The predicted molar refractivity (Wildman–Crippen MR) is 86.8 cm³/mol. The van der Waals surface area contributed by atoms with Crippen molar-refractivity contribution in [3.63, 3.8) is 0 Å². The van der Waals surface area contributed by atoms with E-state index in [4.69, 9.17) is 10.2 Å². The number of hydrogen-bond donors (Lipinski definition) is 1. The summed E-state index contributed by atoms with van der Waals surface area (Å²) in [4.78, 5) is 13.7. The van der Waals surface area contributed by atoms with Gasteiger partial charge in [0, 0.05) is 5.92 Å². The molecule has 1 aliphatic heterocycles. The summed E-state index contributed by atoms with van der Waals surface area (Å²) >= 11 is 0. The van der Waals surface area contributed by atoms with Crippen LogP contribution in [0.4, 0.5) is 0 Å². The Bertz CT molecular complexity index is 651. The Morgan fingerprint density at radius 2 is 2.20 bits per heavy atom. The molecule has 1 saturated heterocycles. The normalized spacial score (nSPS) is 17.2. The van der Waals surface area contributed by atoms with Crippen molar-refractivity contribution in [2.75, 3.05) is 13.1 Å². The SMILES string of the molecule is CCCC(c1nnnn1Cc1ccco1)N1CCC(C(N)=O)CC1.[Cl-]. The number of nitrogens with two attached hydrogens (primary N) is 1. The highest BCUT2D eigenvalue weighted by Crippen LogP contribution is 2.29. The Kier molecular flexibility index (Phi) is 6.95. The molecule has 1 aliphatic rings. The molecule has 1 fully saturated rings. The maximum absolute atomic E-state index is 11.4. The molecule has 25 heavy (non-hydrogen) atoms. The van der Waals surface area contributed by atoms with E-state index in [0.29, 0.717) is 6.54 Å². The molecule has 0 aromatic carbocycles. The van der Waals surface area contributed by atoms with E-state index in [0.717, 1.165) is 50.4 Å². The summed E-state index contributed by atoms with van der Waals surface area (Å²) in [6.45, 7) is 4.36. The van der Waals surface area contributed by atoms with Crippen LogP contribution in [-0.2, 0) is 11.3 Å². The summed E-state index contributed by atoms with van der Waals surface area (Å²) < 4.78 is 7.21. The first-order valence-electron chi connectivity index (χ1n) is 8.50. The zero-order valence-electron chi connectivity index (χ0n) is 14.3. The number of primary amides is 1. The molecule has 0 spiro atoms. The van der Waals surface area contributed by atoms with Gasteiger partial charge in [0.05, 0.1) is 12.3 Å². The van der Waals surface area contributed by atoms with Gasteiger partial charge < -0.3 is 22.6 Å². The number of nitrogens with zero attached hydrogens (tertiary/aromatic N) is 5. The van der Waals surface area contributed by atoms with Crippen LogP contribution in [0.25, 0.3) is 0 Å². The van der Waals surface area contributed by atoms with E-state index in [1.807, 2.05) is 12.1 Å². The van der Waals surface area contributed by atoms with Crippen molar-refractivity contribution in [3.05, 3.63) is 30.0 Å². The molecule has 3 heterocycles. The molecule has 1 amide bonds. The van der Waals surface area contributed by atoms with Crippen LogP contribution in [0.3, 0.4) is 0 Å². The van der Waals surface area contributed by atoms with E-state index in [9.17, 15) is 4.79 Å². The van der Waals surface area contributed by atoms with E-state index >= 15 is 0 Å². The lowest BCUT2D eigenvalue weighted by Gasteiger charge is -2.36. The van der Waals surface area contributed by atoms with Crippen LogP contribution in [0.15, 0.2) is 22.8 Å². The third kappa shape index (κ3) is 4.58. The maximum Gasteiger partial charge on any atom is 0.220 e. The monoisotopic (exact) mass is 367 g/mol. The minimum atomic E-state index is -0.190. The number of aromatic nitrogens is 4. The molecule has 2 N–H and O–H groups in total. The Morgan fingerprint density at radius 1 is 1.44 bits per heavy atom. The standard InChI is InChI=1S/C16H24N6O2.ClH/c1-2-4-14(21-8-6-12(7-9-21)15(17)23)16-18-19-20-22(16)11-13-5-3-10-24-13;/h3,5,10,12,14H,2,4,6-9,11H2,1H3,(H2,17,23);1H/p-1. The first kappa shape index (κ1) is 19.4. The molecule has 9 heteroatoms. The van der Waals surface area contributed by atoms with Gasteiger partial charge in [0.15, 0.2) is 5.82 Å². The molecule has 8 nitrogen and oxygen atoms in total. The van der Waals surface area contributed by atoms with Gasteiger partial charge in [-0.2, -0.15) is 0 Å². The number of carbonyl (C=O) groups excluding carboxylic acids is 1. The lowest BCUT2D eigenvalue weighted by Crippen LogP contribution is -3.00. The lowest BCUT2D eigenvalue weighted by molar-refractivity contribution is -0.123. The highest BCUT2D eigenvalue weighted by molar-refractivity contribution is 5.76. The number of amides is 1. The molecule has 0 saturated carbocycles. The van der Waals surface area contributed by atoms with E-state index in [-0.39, 0.29) is 30.3 Å². The molecule has 0 radical (unpaired) electrons. The number of piperidine rings is 1. The fraction of sp³-hybridized carbons (Fsp3) is 0.625. The van der Waals surface area contributed by atoms with Crippen LogP contribution >= 0.6 is 0 Å². The first-order chi connectivity index (χ1) is 11.7. The zero-order chi connectivity index (χ0) is 16.9. The minimum Gasteiger partial charge on any atom is -1.00 e. The quantitative estimate of drug-likeness (QED) is 0.629. The molecular formula is C16H24ClN6O2-. The smallest absolute Gasteiger partial charge is 0.220 e. The van der Waals surface area contributed by atoms with Gasteiger partial charge in [-0.1, -0.05) is 13.3 Å². The van der Waals surface area contributed by atoms with Crippen LogP contribution in [0.2, 0.25) is 0 Å². The van der Waals surface area contributed by atoms with Crippen LogP contribution in [-0.4, -0.2) is 44.1 Å². The average Bonchev–Trinajstić information content (AvgIpc) is 3.25. The molecule has 1 atom stereocenters. The van der Waals surface area contributed by atoms with E-state index < -0.39 is 0 Å². The minimum absolute atomic E-state index is 0. The van der Waals surface area contributed by atoms with Gasteiger partial charge in [-0.25, -0.2) is 4.68 Å². The first-order valence-corrected chi connectivity index (χ1v) is 8.50. The molecule has 2 aromatic heterocycles. The third-order valence-electron chi connectivity index (χ3n) is 4.68. The van der Waals surface area contributed by atoms with Gasteiger partial charge in [0.25, 0.3) is 0 Å². The number of rotatable bonds is 7. The zero-order valence-corrected chi connectivity index (χ0v) is 15.1. The van der Waals surface area contributed by atoms with Crippen LogP contribution in [0.5, 0.6) is 0 Å². The van der Waals surface area contributed by atoms with Crippen LogP contribution < -0.4 is 18.1 Å². The second-order valence-electron chi connectivity index (χ2n) is 6.29. The molecule has 138 valence electrons. The summed E-state index contributed by atoms with van der Waals surface area (Å²) in [7, 11) is 0. The van der Waals surface area contributed by atoms with Crippen molar-refractivity contribution in [1.29, 1.82) is 0 Å². The van der Waals surface area contributed by atoms with Gasteiger partial charge in [-0.15, -0.1) is 5.10 Å². The van der Waals surface area contributed by atoms with Crippen molar-refractivity contribution in [3.8, 4) is 0 Å². The molecule has 0 aliphatic carbocycles. The van der Waals surface area contributed by atoms with Crippen molar-refractivity contribution >= 4 is 5.91 Å². The Hall–Kier alpha value is -1.93. The van der Waals surface area contributed by atoms with Crippen molar-refractivity contribution in [2.24, 2.45) is 11.7 Å². The number of hydrogen-bond acceptors (Lipinski definition) is 6. The summed E-state index contributed by atoms with van der Waals surface area (Å²) in [5.41, 5.74) is 5.44. The fourth-order valence-electron chi connectivity index (χ4n) is 3.36. The summed E-state index contributed by atoms with van der Waals surface area (Å²) in [5, 5.41) is 12.3.